The Morgan fingerprint density at radius 2 is 1.61 bits per heavy atom. The molecule has 0 aliphatic carbocycles. The average molecular weight is 373 g/mol. The second-order valence-corrected chi connectivity index (χ2v) is 6.62. The standard InChI is InChI=1S/C24H23NO3/c1-25(15-14-19-8-4-2-5-9-19)24(27)17-21-16-23(13-12-20(21)18-26)28-22-10-6-3-7-11-22/h2-13,16,18H,14-15,17H2,1H3. The lowest BCUT2D eigenvalue weighted by Crippen LogP contribution is -2.30. The lowest BCUT2D eigenvalue weighted by Gasteiger charge is -2.18. The lowest BCUT2D eigenvalue weighted by molar-refractivity contribution is -0.129. The highest BCUT2D eigenvalue weighted by atomic mass is 16.5. The normalized spacial score (nSPS) is 10.3. The van der Waals surface area contributed by atoms with Gasteiger partial charge in [-0.05, 0) is 47.9 Å². The molecule has 0 atom stereocenters. The summed E-state index contributed by atoms with van der Waals surface area (Å²) in [5.74, 6) is 1.28. The molecular weight excluding hydrogens is 350 g/mol. The zero-order valence-electron chi connectivity index (χ0n) is 15.9. The fourth-order valence-corrected chi connectivity index (χ4v) is 2.90. The zero-order chi connectivity index (χ0) is 19.8. The van der Waals surface area contributed by atoms with Gasteiger partial charge in [0.15, 0.2) is 0 Å². The van der Waals surface area contributed by atoms with E-state index in [0.717, 1.165) is 12.7 Å². The van der Waals surface area contributed by atoms with E-state index in [-0.39, 0.29) is 12.3 Å². The second-order valence-electron chi connectivity index (χ2n) is 6.62. The van der Waals surface area contributed by atoms with Crippen molar-refractivity contribution < 1.29 is 14.3 Å². The van der Waals surface area contributed by atoms with Crippen LogP contribution in [0.4, 0.5) is 0 Å². The van der Waals surface area contributed by atoms with Gasteiger partial charge >= 0.3 is 0 Å². The third kappa shape index (κ3) is 5.30. The summed E-state index contributed by atoms with van der Waals surface area (Å²) in [4.78, 5) is 25.7. The summed E-state index contributed by atoms with van der Waals surface area (Å²) in [5, 5.41) is 0. The van der Waals surface area contributed by atoms with E-state index in [9.17, 15) is 9.59 Å². The third-order valence-corrected chi connectivity index (χ3v) is 4.57. The Hall–Kier alpha value is -3.40. The number of ether oxygens (including phenoxy) is 1. The molecule has 1 amide bonds. The summed E-state index contributed by atoms with van der Waals surface area (Å²) in [6, 6.07) is 24.7. The number of carbonyl (C=O) groups excluding carboxylic acids is 2. The van der Waals surface area contributed by atoms with E-state index in [1.165, 1.54) is 5.56 Å². The molecular formula is C24H23NO3. The molecule has 4 nitrogen and oxygen atoms in total. The lowest BCUT2D eigenvalue weighted by atomic mass is 10.0. The number of amides is 1. The van der Waals surface area contributed by atoms with Gasteiger partial charge in [0.2, 0.25) is 5.91 Å². The van der Waals surface area contributed by atoms with Gasteiger partial charge in [0, 0.05) is 19.2 Å². The Labute approximate surface area is 165 Å². The molecule has 0 N–H and O–H groups in total. The number of rotatable bonds is 8. The van der Waals surface area contributed by atoms with Gasteiger partial charge < -0.3 is 9.64 Å². The van der Waals surface area contributed by atoms with Crippen molar-refractivity contribution in [3.8, 4) is 11.5 Å². The van der Waals surface area contributed by atoms with Gasteiger partial charge in [-0.3, -0.25) is 9.59 Å². The van der Waals surface area contributed by atoms with E-state index in [4.69, 9.17) is 4.74 Å². The maximum atomic E-state index is 12.6. The molecule has 142 valence electrons. The molecule has 0 radical (unpaired) electrons. The van der Waals surface area contributed by atoms with Gasteiger partial charge in [0.05, 0.1) is 6.42 Å². The van der Waals surface area contributed by atoms with Crippen LogP contribution in [0.5, 0.6) is 11.5 Å². The van der Waals surface area contributed by atoms with Crippen LogP contribution in [0.15, 0.2) is 78.9 Å². The monoisotopic (exact) mass is 373 g/mol. The summed E-state index contributed by atoms with van der Waals surface area (Å²) in [6.07, 6.45) is 1.73. The molecule has 4 heteroatoms. The molecule has 3 rings (SSSR count). The SMILES string of the molecule is CN(CCc1ccccc1)C(=O)Cc1cc(Oc2ccccc2)ccc1C=O. The van der Waals surface area contributed by atoms with Crippen LogP contribution in [0.25, 0.3) is 0 Å². The predicted octanol–water partition coefficient (Wildman–Crippen LogP) is 4.54. The van der Waals surface area contributed by atoms with Crippen molar-refractivity contribution in [2.45, 2.75) is 12.8 Å². The van der Waals surface area contributed by atoms with Crippen molar-refractivity contribution in [3.05, 3.63) is 95.6 Å². The first-order valence-corrected chi connectivity index (χ1v) is 9.24. The van der Waals surface area contributed by atoms with Crippen molar-refractivity contribution in [1.82, 2.24) is 4.90 Å². The van der Waals surface area contributed by atoms with E-state index >= 15 is 0 Å². The molecule has 28 heavy (non-hydrogen) atoms. The van der Waals surface area contributed by atoms with Crippen molar-refractivity contribution in [2.75, 3.05) is 13.6 Å². The first kappa shape index (κ1) is 19.4. The van der Waals surface area contributed by atoms with E-state index in [1.54, 1.807) is 30.1 Å². The summed E-state index contributed by atoms with van der Waals surface area (Å²) in [6.45, 7) is 0.624. The number of likely N-dealkylation sites (N-methyl/N-ethyl adjacent to an activating group) is 1. The zero-order valence-corrected chi connectivity index (χ0v) is 15.9. The Bertz CT molecular complexity index is 923. The summed E-state index contributed by atoms with van der Waals surface area (Å²) in [5.41, 5.74) is 2.36. The summed E-state index contributed by atoms with van der Waals surface area (Å²) in [7, 11) is 1.79. The Morgan fingerprint density at radius 1 is 0.929 bits per heavy atom. The maximum absolute atomic E-state index is 12.6. The van der Waals surface area contributed by atoms with Crippen LogP contribution in [-0.4, -0.2) is 30.7 Å². The van der Waals surface area contributed by atoms with Crippen molar-refractivity contribution in [3.63, 3.8) is 0 Å². The number of nitrogens with zero attached hydrogens (tertiary/aromatic N) is 1. The maximum Gasteiger partial charge on any atom is 0.226 e. The van der Waals surface area contributed by atoms with Crippen LogP contribution in [0, 0.1) is 0 Å². The molecule has 0 unspecified atom stereocenters. The minimum atomic E-state index is -0.0316. The van der Waals surface area contributed by atoms with E-state index in [0.29, 0.717) is 29.2 Å². The van der Waals surface area contributed by atoms with Crippen LogP contribution in [0.1, 0.15) is 21.5 Å². The van der Waals surface area contributed by atoms with E-state index in [1.807, 2.05) is 60.7 Å². The topological polar surface area (TPSA) is 46.6 Å². The number of para-hydroxylation sites is 1. The van der Waals surface area contributed by atoms with Crippen LogP contribution < -0.4 is 4.74 Å². The predicted molar refractivity (Wildman–Crippen MR) is 110 cm³/mol. The number of hydrogen-bond donors (Lipinski definition) is 0. The minimum absolute atomic E-state index is 0.0316. The first-order valence-electron chi connectivity index (χ1n) is 9.24. The van der Waals surface area contributed by atoms with Crippen molar-refractivity contribution in [1.29, 1.82) is 0 Å². The van der Waals surface area contributed by atoms with E-state index in [2.05, 4.69) is 0 Å². The third-order valence-electron chi connectivity index (χ3n) is 4.57. The van der Waals surface area contributed by atoms with Crippen molar-refractivity contribution >= 4 is 12.2 Å². The Morgan fingerprint density at radius 3 is 2.29 bits per heavy atom. The molecule has 0 aliphatic rings. The fourth-order valence-electron chi connectivity index (χ4n) is 2.90. The van der Waals surface area contributed by atoms with Gasteiger partial charge in [-0.15, -0.1) is 0 Å². The highest BCUT2D eigenvalue weighted by Gasteiger charge is 2.14. The second kappa shape index (κ2) is 9.51. The molecule has 0 spiro atoms. The van der Waals surface area contributed by atoms with Crippen LogP contribution >= 0.6 is 0 Å². The molecule has 3 aromatic rings. The Balaban J connectivity index is 1.66. The number of benzene rings is 3. The molecule has 0 aliphatic heterocycles. The molecule has 0 saturated carbocycles. The fraction of sp³-hybridized carbons (Fsp3) is 0.167. The van der Waals surface area contributed by atoms with Gasteiger partial charge in [-0.2, -0.15) is 0 Å². The van der Waals surface area contributed by atoms with Crippen LogP contribution in [-0.2, 0) is 17.6 Å². The largest absolute Gasteiger partial charge is 0.457 e. The average Bonchev–Trinajstić information content (AvgIpc) is 2.73. The highest BCUT2D eigenvalue weighted by molar-refractivity contribution is 5.84. The molecule has 0 heterocycles. The van der Waals surface area contributed by atoms with Crippen LogP contribution in [0.2, 0.25) is 0 Å². The number of carbonyl (C=O) groups is 2. The molecule has 0 aromatic heterocycles. The molecule has 0 fully saturated rings. The van der Waals surface area contributed by atoms with Gasteiger partial charge in [0.25, 0.3) is 0 Å². The minimum Gasteiger partial charge on any atom is -0.457 e. The van der Waals surface area contributed by atoms with Gasteiger partial charge in [-0.1, -0.05) is 48.5 Å². The number of aldehydes is 1. The molecule has 0 bridgehead atoms. The van der Waals surface area contributed by atoms with Crippen LogP contribution in [0.3, 0.4) is 0 Å². The van der Waals surface area contributed by atoms with E-state index < -0.39 is 0 Å². The van der Waals surface area contributed by atoms with Gasteiger partial charge in [0.1, 0.15) is 17.8 Å². The molecule has 3 aromatic carbocycles. The summed E-state index contributed by atoms with van der Waals surface area (Å²) < 4.78 is 5.83. The molecule has 0 saturated heterocycles. The highest BCUT2D eigenvalue weighted by Crippen LogP contribution is 2.24. The smallest absolute Gasteiger partial charge is 0.226 e. The van der Waals surface area contributed by atoms with Crippen molar-refractivity contribution in [2.24, 2.45) is 0 Å². The first-order chi connectivity index (χ1) is 13.7. The van der Waals surface area contributed by atoms with Gasteiger partial charge in [-0.25, -0.2) is 0 Å². The summed E-state index contributed by atoms with van der Waals surface area (Å²) >= 11 is 0. The quantitative estimate of drug-likeness (QED) is 0.545. The number of hydrogen-bond acceptors (Lipinski definition) is 3. The Kier molecular flexibility index (Phi) is 6.58.